The molecule has 0 atom stereocenters. The molecule has 6 aromatic rings. The number of aromatic amines is 1. The number of carbonyl (C=O) groups is 2. The van der Waals surface area contributed by atoms with Gasteiger partial charge in [-0.2, -0.15) is 5.10 Å². The lowest BCUT2D eigenvalue weighted by atomic mass is 9.99. The lowest BCUT2D eigenvalue weighted by Crippen LogP contribution is -2.19. The van der Waals surface area contributed by atoms with Gasteiger partial charge in [-0.3, -0.25) is 4.79 Å². The van der Waals surface area contributed by atoms with Crippen LogP contribution in [0.4, 0.5) is 0 Å². The number of aromatic nitrogens is 1. The molecule has 2 N–H and O–H groups in total. The van der Waals surface area contributed by atoms with Crippen LogP contribution in [0.1, 0.15) is 32.0 Å². The van der Waals surface area contributed by atoms with E-state index in [0.29, 0.717) is 33.2 Å². The summed E-state index contributed by atoms with van der Waals surface area (Å²) in [5, 5.41) is 7.64. The maximum Gasteiger partial charge on any atom is 0.343 e. The number of halogens is 1. The van der Waals surface area contributed by atoms with E-state index in [0.717, 1.165) is 32.8 Å². The number of benzene rings is 5. The van der Waals surface area contributed by atoms with Gasteiger partial charge in [-0.1, -0.05) is 96.0 Å². The maximum absolute atomic E-state index is 13.5. The molecule has 6 nitrogen and oxygen atoms in total. The Morgan fingerprint density at radius 3 is 2.49 bits per heavy atom. The summed E-state index contributed by atoms with van der Waals surface area (Å²) in [6.07, 6.45) is 1.45. The molecule has 1 heterocycles. The SMILES string of the molecule is Cc1cccc(C(=O)Oc2ccccc2C=NNC(=O)c2[nH]c3c(ccc4ccccc43)c2-c2ccccc2Cl)c1. The average molecular weight is 558 g/mol. The first-order chi connectivity index (χ1) is 20.0. The molecule has 0 spiro atoms. The molecule has 0 fully saturated rings. The largest absolute Gasteiger partial charge is 0.422 e. The molecule has 1 amide bonds. The van der Waals surface area contributed by atoms with Crippen LogP contribution in [-0.4, -0.2) is 23.1 Å². The zero-order valence-electron chi connectivity index (χ0n) is 22.0. The van der Waals surface area contributed by atoms with Crippen LogP contribution in [0.5, 0.6) is 5.75 Å². The number of carbonyl (C=O) groups excluding carboxylic acids is 2. The number of amides is 1. The van der Waals surface area contributed by atoms with Crippen LogP contribution in [0.25, 0.3) is 32.8 Å². The van der Waals surface area contributed by atoms with Gasteiger partial charge in [0.2, 0.25) is 0 Å². The molecule has 6 rings (SSSR count). The number of hydrogen-bond acceptors (Lipinski definition) is 4. The van der Waals surface area contributed by atoms with Crippen LogP contribution in [0.15, 0.2) is 114 Å². The Hall–Kier alpha value is -5.20. The topological polar surface area (TPSA) is 83.5 Å². The number of nitrogens with one attached hydrogen (secondary N) is 2. The van der Waals surface area contributed by atoms with E-state index in [-0.39, 0.29) is 0 Å². The molecular formula is C34H24ClN3O3. The minimum absolute atomic E-state index is 0.325. The Morgan fingerprint density at radius 2 is 1.63 bits per heavy atom. The highest BCUT2D eigenvalue weighted by Gasteiger charge is 2.22. The van der Waals surface area contributed by atoms with Crippen molar-refractivity contribution < 1.29 is 14.3 Å². The van der Waals surface area contributed by atoms with E-state index in [1.165, 1.54) is 6.21 Å². The van der Waals surface area contributed by atoms with Crippen molar-refractivity contribution in [2.75, 3.05) is 0 Å². The summed E-state index contributed by atoms with van der Waals surface area (Å²) in [6.45, 7) is 1.91. The maximum atomic E-state index is 13.5. The molecule has 5 aromatic carbocycles. The number of fused-ring (bicyclic) bond motifs is 3. The Labute approximate surface area is 241 Å². The lowest BCUT2D eigenvalue weighted by molar-refractivity contribution is 0.0734. The molecule has 0 saturated carbocycles. The van der Waals surface area contributed by atoms with Gasteiger partial charge in [0.1, 0.15) is 11.4 Å². The molecule has 200 valence electrons. The van der Waals surface area contributed by atoms with Crippen LogP contribution in [0.2, 0.25) is 5.02 Å². The van der Waals surface area contributed by atoms with Gasteiger partial charge in [0.15, 0.2) is 0 Å². The van der Waals surface area contributed by atoms with Crippen LogP contribution in [-0.2, 0) is 0 Å². The Bertz CT molecular complexity index is 1980. The van der Waals surface area contributed by atoms with Crippen molar-refractivity contribution >= 4 is 51.4 Å². The van der Waals surface area contributed by atoms with Crippen LogP contribution in [0.3, 0.4) is 0 Å². The molecule has 0 aliphatic carbocycles. The number of H-pyrrole nitrogens is 1. The summed E-state index contributed by atoms with van der Waals surface area (Å²) >= 11 is 6.59. The average Bonchev–Trinajstić information content (AvgIpc) is 3.38. The first-order valence-electron chi connectivity index (χ1n) is 13.0. The van der Waals surface area contributed by atoms with Crippen molar-refractivity contribution in [1.29, 1.82) is 0 Å². The van der Waals surface area contributed by atoms with Crippen molar-refractivity contribution in [1.82, 2.24) is 10.4 Å². The molecule has 0 aliphatic rings. The third kappa shape index (κ3) is 5.21. The first kappa shape index (κ1) is 26.0. The lowest BCUT2D eigenvalue weighted by Gasteiger charge is -2.08. The predicted octanol–water partition coefficient (Wildman–Crippen LogP) is 7.93. The summed E-state index contributed by atoms with van der Waals surface area (Å²) < 4.78 is 5.64. The Balaban J connectivity index is 1.32. The number of aryl methyl sites for hydroxylation is 1. The molecule has 41 heavy (non-hydrogen) atoms. The van der Waals surface area contributed by atoms with Gasteiger partial charge >= 0.3 is 5.97 Å². The first-order valence-corrected chi connectivity index (χ1v) is 13.4. The van der Waals surface area contributed by atoms with E-state index < -0.39 is 11.9 Å². The second-order valence-corrected chi connectivity index (χ2v) is 9.97. The fourth-order valence-electron chi connectivity index (χ4n) is 4.88. The van der Waals surface area contributed by atoms with E-state index in [2.05, 4.69) is 15.5 Å². The van der Waals surface area contributed by atoms with Crippen LogP contribution < -0.4 is 10.2 Å². The Morgan fingerprint density at radius 1 is 0.854 bits per heavy atom. The number of hydrogen-bond donors (Lipinski definition) is 2. The van der Waals surface area contributed by atoms with Crippen molar-refractivity contribution in [3.63, 3.8) is 0 Å². The summed E-state index contributed by atoms with van der Waals surface area (Å²) in [7, 11) is 0. The third-order valence-corrected chi connectivity index (χ3v) is 7.14. The second kappa shape index (κ2) is 11.1. The van der Waals surface area contributed by atoms with Gasteiger partial charge in [-0.25, -0.2) is 10.2 Å². The monoisotopic (exact) mass is 557 g/mol. The minimum atomic E-state index is -0.478. The van der Waals surface area contributed by atoms with Crippen molar-refractivity contribution in [2.24, 2.45) is 5.10 Å². The van der Waals surface area contributed by atoms with Gasteiger partial charge in [-0.05, 0) is 42.6 Å². The molecule has 7 heteroatoms. The third-order valence-electron chi connectivity index (χ3n) is 6.81. The molecule has 0 unspecified atom stereocenters. The smallest absolute Gasteiger partial charge is 0.343 e. The number of rotatable bonds is 6. The molecule has 0 aliphatic heterocycles. The van der Waals surface area contributed by atoms with Crippen molar-refractivity contribution in [2.45, 2.75) is 6.92 Å². The van der Waals surface area contributed by atoms with E-state index in [1.807, 2.05) is 67.6 Å². The summed E-state index contributed by atoms with van der Waals surface area (Å²) in [6, 6.07) is 33.6. The van der Waals surface area contributed by atoms with Crippen molar-refractivity contribution in [3.8, 4) is 16.9 Å². The highest BCUT2D eigenvalue weighted by Crippen LogP contribution is 2.39. The second-order valence-electron chi connectivity index (χ2n) is 9.56. The zero-order chi connectivity index (χ0) is 28.3. The van der Waals surface area contributed by atoms with Gasteiger partial charge in [-0.15, -0.1) is 0 Å². The highest BCUT2D eigenvalue weighted by molar-refractivity contribution is 6.34. The van der Waals surface area contributed by atoms with Crippen LogP contribution in [0, 0.1) is 6.92 Å². The van der Waals surface area contributed by atoms with Gasteiger partial charge in [0, 0.05) is 32.5 Å². The fraction of sp³-hybridized carbons (Fsp3) is 0.0294. The summed E-state index contributed by atoms with van der Waals surface area (Å²) in [4.78, 5) is 29.6. The minimum Gasteiger partial charge on any atom is -0.422 e. The normalized spacial score (nSPS) is 11.3. The summed E-state index contributed by atoms with van der Waals surface area (Å²) in [5.41, 5.74) is 7.15. The highest BCUT2D eigenvalue weighted by atomic mass is 35.5. The zero-order valence-corrected chi connectivity index (χ0v) is 22.8. The molecule has 0 bridgehead atoms. The predicted molar refractivity (Wildman–Crippen MR) is 164 cm³/mol. The molecule has 1 aromatic heterocycles. The van der Waals surface area contributed by atoms with Gasteiger partial charge in [0.25, 0.3) is 5.91 Å². The summed E-state index contributed by atoms with van der Waals surface area (Å²) in [5.74, 6) is -0.593. The number of para-hydroxylation sites is 1. The van der Waals surface area contributed by atoms with Gasteiger partial charge in [0.05, 0.1) is 17.3 Å². The fourth-order valence-corrected chi connectivity index (χ4v) is 5.11. The molecule has 0 saturated heterocycles. The van der Waals surface area contributed by atoms with Gasteiger partial charge < -0.3 is 9.72 Å². The standard InChI is InChI=1S/C34H24ClN3O3/c1-21-9-8-12-23(19-21)34(40)41-29-16-7-3-11-24(29)20-36-38-33(39)32-30(26-14-5-6-15-28(26)35)27-18-17-22-10-2-4-13-25(22)31(27)37-32/h2-20,37H,1H3,(H,38,39). The quantitative estimate of drug-likeness (QED) is 0.0943. The van der Waals surface area contributed by atoms with E-state index in [9.17, 15) is 9.59 Å². The van der Waals surface area contributed by atoms with Crippen molar-refractivity contribution in [3.05, 3.63) is 137 Å². The van der Waals surface area contributed by atoms with E-state index >= 15 is 0 Å². The Kier molecular flexibility index (Phi) is 7.06. The van der Waals surface area contributed by atoms with E-state index in [4.69, 9.17) is 16.3 Å². The number of ether oxygens (including phenoxy) is 1. The van der Waals surface area contributed by atoms with Crippen LogP contribution >= 0.6 is 11.6 Å². The number of esters is 1. The molecular weight excluding hydrogens is 534 g/mol. The van der Waals surface area contributed by atoms with E-state index in [1.54, 1.807) is 48.5 Å². The molecule has 0 radical (unpaired) electrons. The number of nitrogens with zero attached hydrogens (tertiary/aromatic N) is 1. The number of hydrazone groups is 1.